The second kappa shape index (κ2) is 5.66. The van der Waals surface area contributed by atoms with Gasteiger partial charge in [0.05, 0.1) is 0 Å². The highest BCUT2D eigenvalue weighted by Crippen LogP contribution is 2.31. The van der Waals surface area contributed by atoms with Gasteiger partial charge in [-0.3, -0.25) is 0 Å². The van der Waals surface area contributed by atoms with Crippen molar-refractivity contribution in [1.29, 1.82) is 0 Å². The van der Waals surface area contributed by atoms with Crippen LogP contribution in [0.25, 0.3) is 0 Å². The van der Waals surface area contributed by atoms with Crippen LogP contribution in [0.1, 0.15) is 0 Å². The van der Waals surface area contributed by atoms with Gasteiger partial charge in [-0.25, -0.2) is 13.2 Å². The van der Waals surface area contributed by atoms with E-state index >= 15 is 0 Å². The quantitative estimate of drug-likeness (QED) is 0.664. The van der Waals surface area contributed by atoms with Gasteiger partial charge in [0.25, 0.3) is 5.88 Å². The number of nitrogens with zero attached hydrogens (tertiary/aromatic N) is 1. The lowest BCUT2D eigenvalue weighted by Crippen LogP contribution is -2.02. The van der Waals surface area contributed by atoms with Crippen molar-refractivity contribution in [3.8, 4) is 11.6 Å². The van der Waals surface area contributed by atoms with Gasteiger partial charge < -0.3 is 10.1 Å². The normalized spacial score (nSPS) is 10.5. The first-order valence-electron chi connectivity index (χ1n) is 5.28. The molecule has 1 N–H and O–H groups in total. The van der Waals surface area contributed by atoms with Crippen molar-refractivity contribution in [3.05, 3.63) is 45.9 Å². The van der Waals surface area contributed by atoms with Gasteiger partial charge in [0.15, 0.2) is 29.0 Å². The van der Waals surface area contributed by atoms with Gasteiger partial charge in [0.2, 0.25) is 5.82 Å². The lowest BCUT2D eigenvalue weighted by Gasteiger charge is -2.10. The third-order valence-electron chi connectivity index (χ3n) is 2.30. The molecular weight excluding hydrogens is 344 g/mol. The Morgan fingerprint density at radius 3 is 2.40 bits per heavy atom. The van der Waals surface area contributed by atoms with Crippen molar-refractivity contribution in [2.45, 2.75) is 0 Å². The first-order valence-corrected chi connectivity index (χ1v) is 6.08. The van der Waals surface area contributed by atoms with Crippen molar-refractivity contribution in [1.82, 2.24) is 4.98 Å². The van der Waals surface area contributed by atoms with E-state index in [1.807, 2.05) is 0 Å². The van der Waals surface area contributed by atoms with Crippen LogP contribution in [-0.2, 0) is 0 Å². The predicted octanol–water partition coefficient (Wildman–Crippen LogP) is 4.23. The number of benzene rings is 1. The molecule has 0 saturated carbocycles. The van der Waals surface area contributed by atoms with Crippen LogP contribution < -0.4 is 10.1 Å². The molecule has 0 saturated heterocycles. The number of pyridine rings is 1. The van der Waals surface area contributed by atoms with Gasteiger partial charge in [0.1, 0.15) is 0 Å². The molecule has 2 aromatic rings. The van der Waals surface area contributed by atoms with Crippen molar-refractivity contribution < 1.29 is 22.3 Å². The molecule has 0 bridgehead atoms. The molecule has 0 radical (unpaired) electrons. The molecule has 0 unspecified atom stereocenters. The molecule has 0 aliphatic heterocycles. The van der Waals surface area contributed by atoms with E-state index in [9.17, 15) is 17.6 Å². The van der Waals surface area contributed by atoms with Crippen LogP contribution in [0.3, 0.4) is 0 Å². The Morgan fingerprint density at radius 1 is 1.05 bits per heavy atom. The molecular formula is C12H7BrF4N2O. The molecule has 20 heavy (non-hydrogen) atoms. The average molecular weight is 351 g/mol. The smallest absolute Gasteiger partial charge is 0.258 e. The molecule has 3 nitrogen and oxygen atoms in total. The maximum Gasteiger partial charge on any atom is 0.258 e. The summed E-state index contributed by atoms with van der Waals surface area (Å²) >= 11 is 2.95. The lowest BCUT2D eigenvalue weighted by molar-refractivity contribution is 0.381. The molecule has 0 aliphatic rings. The fraction of sp³-hybridized carbons (Fsp3) is 0.0833. The summed E-state index contributed by atoms with van der Waals surface area (Å²) in [5.74, 6) is -6.07. The zero-order chi connectivity index (χ0) is 14.9. The van der Waals surface area contributed by atoms with Crippen LogP contribution >= 0.6 is 15.9 Å². The van der Waals surface area contributed by atoms with E-state index in [1.165, 1.54) is 7.05 Å². The van der Waals surface area contributed by atoms with Gasteiger partial charge in [0, 0.05) is 17.6 Å². The molecule has 8 heteroatoms. The summed E-state index contributed by atoms with van der Waals surface area (Å²) in [6, 6.07) is 2.51. The number of hydrogen-bond acceptors (Lipinski definition) is 3. The molecule has 0 fully saturated rings. The molecule has 0 amide bonds. The maximum atomic E-state index is 13.5. The minimum Gasteiger partial charge on any atom is -0.433 e. The van der Waals surface area contributed by atoms with Crippen LogP contribution in [0.4, 0.5) is 23.4 Å². The van der Waals surface area contributed by atoms with Crippen LogP contribution in [-0.4, -0.2) is 12.0 Å². The van der Waals surface area contributed by atoms with E-state index in [0.29, 0.717) is 6.07 Å². The molecule has 0 atom stereocenters. The van der Waals surface area contributed by atoms with Gasteiger partial charge in [-0.1, -0.05) is 15.9 Å². The first-order chi connectivity index (χ1) is 9.42. The Bertz CT molecular complexity index is 666. The number of rotatable bonds is 3. The average Bonchev–Trinajstić information content (AvgIpc) is 2.38. The van der Waals surface area contributed by atoms with Crippen LogP contribution in [0.2, 0.25) is 0 Å². The first kappa shape index (κ1) is 14.6. The Kier molecular flexibility index (Phi) is 4.12. The Hall–Kier alpha value is -1.83. The fourth-order valence-electron chi connectivity index (χ4n) is 1.41. The van der Waals surface area contributed by atoms with E-state index in [-0.39, 0.29) is 10.3 Å². The van der Waals surface area contributed by atoms with E-state index < -0.39 is 34.9 Å². The Morgan fingerprint density at radius 2 is 1.75 bits per heavy atom. The fourth-order valence-corrected chi connectivity index (χ4v) is 1.82. The number of ether oxygens (including phenoxy) is 1. The minimum absolute atomic E-state index is 0.197. The number of anilines is 1. The molecule has 1 aromatic carbocycles. The highest BCUT2D eigenvalue weighted by molar-refractivity contribution is 9.10. The van der Waals surface area contributed by atoms with E-state index in [0.717, 1.165) is 12.1 Å². The second-order valence-electron chi connectivity index (χ2n) is 3.66. The molecule has 1 aromatic heterocycles. The largest absolute Gasteiger partial charge is 0.433 e. The van der Waals surface area contributed by atoms with E-state index in [2.05, 4.69) is 26.2 Å². The van der Waals surface area contributed by atoms with Gasteiger partial charge in [-0.05, 0) is 12.1 Å². The van der Waals surface area contributed by atoms with Crippen LogP contribution in [0.15, 0.2) is 22.7 Å². The molecule has 0 spiro atoms. The van der Waals surface area contributed by atoms with E-state index in [1.54, 1.807) is 0 Å². The second-order valence-corrected chi connectivity index (χ2v) is 4.57. The van der Waals surface area contributed by atoms with Gasteiger partial charge in [-0.15, -0.1) is 0 Å². The van der Waals surface area contributed by atoms with Crippen molar-refractivity contribution in [3.63, 3.8) is 0 Å². The molecule has 1 heterocycles. The number of hydrogen-bond donors (Lipinski definition) is 1. The molecule has 106 valence electrons. The predicted molar refractivity (Wildman–Crippen MR) is 67.8 cm³/mol. The van der Waals surface area contributed by atoms with Gasteiger partial charge in [-0.2, -0.15) is 9.37 Å². The number of halogens is 5. The SMILES string of the molecule is CNc1nc(Oc2cc(Br)cc(F)c2F)c(F)cc1F. The molecule has 2 rings (SSSR count). The van der Waals surface area contributed by atoms with Crippen molar-refractivity contribution in [2.24, 2.45) is 0 Å². The maximum absolute atomic E-state index is 13.5. The van der Waals surface area contributed by atoms with Crippen molar-refractivity contribution in [2.75, 3.05) is 12.4 Å². The third-order valence-corrected chi connectivity index (χ3v) is 2.76. The number of aromatic nitrogens is 1. The summed E-state index contributed by atoms with van der Waals surface area (Å²) < 4.78 is 58.5. The Labute approximate surface area is 119 Å². The zero-order valence-electron chi connectivity index (χ0n) is 9.98. The van der Waals surface area contributed by atoms with Gasteiger partial charge >= 0.3 is 0 Å². The summed E-state index contributed by atoms with van der Waals surface area (Å²) in [5.41, 5.74) is 0. The highest BCUT2D eigenvalue weighted by atomic mass is 79.9. The highest BCUT2D eigenvalue weighted by Gasteiger charge is 2.17. The summed E-state index contributed by atoms with van der Waals surface area (Å²) in [5, 5.41) is 2.38. The summed E-state index contributed by atoms with van der Waals surface area (Å²) in [6.45, 7) is 0. The van der Waals surface area contributed by atoms with E-state index in [4.69, 9.17) is 4.74 Å². The van der Waals surface area contributed by atoms with Crippen LogP contribution in [0, 0.1) is 23.3 Å². The minimum atomic E-state index is -1.30. The zero-order valence-corrected chi connectivity index (χ0v) is 11.6. The number of nitrogens with one attached hydrogen (secondary N) is 1. The summed E-state index contributed by atoms with van der Waals surface area (Å²) in [7, 11) is 1.37. The lowest BCUT2D eigenvalue weighted by atomic mass is 10.3. The molecule has 0 aliphatic carbocycles. The topological polar surface area (TPSA) is 34.2 Å². The summed E-state index contributed by atoms with van der Waals surface area (Å²) in [4.78, 5) is 3.50. The Balaban J connectivity index is 2.45. The third kappa shape index (κ3) is 2.84. The summed E-state index contributed by atoms with van der Waals surface area (Å²) in [6.07, 6.45) is 0. The standard InChI is InChI=1S/C12H7BrF4N2O/c1-18-11-7(15)4-8(16)12(19-11)20-9-3-5(13)2-6(14)10(9)17/h2-4H,1H3,(H,18,19). The van der Waals surface area contributed by atoms with Crippen LogP contribution in [0.5, 0.6) is 11.6 Å². The van der Waals surface area contributed by atoms with Crippen molar-refractivity contribution >= 4 is 21.7 Å². The monoisotopic (exact) mass is 350 g/mol.